The minimum atomic E-state index is -0.402. The van der Waals surface area contributed by atoms with Gasteiger partial charge in [-0.1, -0.05) is 0 Å². The molecule has 1 aliphatic rings. The average molecular weight is 256 g/mol. The van der Waals surface area contributed by atoms with Crippen LogP contribution < -0.4 is 0 Å². The molecule has 1 unspecified atom stereocenters. The van der Waals surface area contributed by atoms with E-state index in [1.807, 2.05) is 34.7 Å². The van der Waals surface area contributed by atoms with Crippen LogP contribution in [0, 0.1) is 0 Å². The molecule has 1 fully saturated rings. The van der Waals surface area contributed by atoms with Gasteiger partial charge in [0.1, 0.15) is 11.6 Å². The fourth-order valence-corrected chi connectivity index (χ4v) is 2.07. The summed E-state index contributed by atoms with van der Waals surface area (Å²) in [5.41, 5.74) is -0.402. The number of esters is 1. The quantitative estimate of drug-likeness (QED) is 0.702. The zero-order valence-corrected chi connectivity index (χ0v) is 12.5. The lowest BCUT2D eigenvalue weighted by Crippen LogP contribution is -2.43. The van der Waals surface area contributed by atoms with Crippen molar-refractivity contribution in [2.24, 2.45) is 0 Å². The van der Waals surface area contributed by atoms with E-state index in [0.717, 1.165) is 13.1 Å². The number of ether oxygens (including phenoxy) is 1. The van der Waals surface area contributed by atoms with Gasteiger partial charge < -0.3 is 9.64 Å². The zero-order valence-electron chi connectivity index (χ0n) is 12.5. The lowest BCUT2D eigenvalue weighted by atomic mass is 10.2. The molecule has 0 aromatic carbocycles. The molecular weight excluding hydrogens is 228 g/mol. The first-order valence-electron chi connectivity index (χ1n) is 6.95. The standard InChI is InChI=1S/C14H28N2O2/c1-12(13(17)18-14(2,3)4)15(5)10-11-16-8-6-7-9-16/h12H,6-11H2,1-5H3. The fraction of sp³-hybridized carbons (Fsp3) is 0.929. The van der Waals surface area contributed by atoms with Crippen LogP contribution in [0.1, 0.15) is 40.5 Å². The van der Waals surface area contributed by atoms with Crippen molar-refractivity contribution in [2.45, 2.75) is 52.2 Å². The third-order valence-electron chi connectivity index (χ3n) is 3.38. The molecule has 0 radical (unpaired) electrons. The smallest absolute Gasteiger partial charge is 0.323 e. The number of likely N-dealkylation sites (tertiary alicyclic amines) is 1. The summed E-state index contributed by atoms with van der Waals surface area (Å²) in [6.45, 7) is 12.0. The van der Waals surface area contributed by atoms with Gasteiger partial charge in [-0.25, -0.2) is 0 Å². The number of hydrogen-bond donors (Lipinski definition) is 0. The fourth-order valence-electron chi connectivity index (χ4n) is 2.07. The Balaban J connectivity index is 2.30. The van der Waals surface area contributed by atoms with Crippen molar-refractivity contribution in [2.75, 3.05) is 33.2 Å². The first-order valence-corrected chi connectivity index (χ1v) is 6.95. The molecule has 0 aliphatic carbocycles. The highest BCUT2D eigenvalue weighted by atomic mass is 16.6. The third kappa shape index (κ3) is 5.36. The Morgan fingerprint density at radius 2 is 1.89 bits per heavy atom. The predicted molar refractivity (Wildman–Crippen MR) is 73.6 cm³/mol. The van der Waals surface area contributed by atoms with Crippen molar-refractivity contribution in [3.8, 4) is 0 Å². The van der Waals surface area contributed by atoms with E-state index in [-0.39, 0.29) is 12.0 Å². The van der Waals surface area contributed by atoms with Gasteiger partial charge in [0, 0.05) is 13.1 Å². The molecule has 1 aliphatic heterocycles. The number of likely N-dealkylation sites (N-methyl/N-ethyl adjacent to an activating group) is 1. The molecule has 0 aromatic heterocycles. The summed E-state index contributed by atoms with van der Waals surface area (Å²) < 4.78 is 5.40. The van der Waals surface area contributed by atoms with E-state index in [4.69, 9.17) is 4.74 Å². The maximum absolute atomic E-state index is 11.9. The molecule has 18 heavy (non-hydrogen) atoms. The van der Waals surface area contributed by atoms with Crippen LogP contribution in [0.2, 0.25) is 0 Å². The predicted octanol–water partition coefficient (Wildman–Crippen LogP) is 1.74. The molecule has 4 heteroatoms. The molecule has 0 saturated carbocycles. The van der Waals surface area contributed by atoms with Gasteiger partial charge in [-0.2, -0.15) is 0 Å². The van der Waals surface area contributed by atoms with Gasteiger partial charge in [-0.05, 0) is 60.7 Å². The van der Waals surface area contributed by atoms with E-state index >= 15 is 0 Å². The van der Waals surface area contributed by atoms with Gasteiger partial charge in [0.2, 0.25) is 0 Å². The minimum absolute atomic E-state index is 0.133. The Hall–Kier alpha value is -0.610. The van der Waals surface area contributed by atoms with Crippen molar-refractivity contribution < 1.29 is 9.53 Å². The van der Waals surface area contributed by atoms with Gasteiger partial charge in [-0.3, -0.25) is 9.69 Å². The molecule has 1 atom stereocenters. The van der Waals surface area contributed by atoms with Crippen LogP contribution in [-0.4, -0.2) is 60.6 Å². The normalized spacial score (nSPS) is 19.2. The van der Waals surface area contributed by atoms with Crippen LogP contribution in [0.15, 0.2) is 0 Å². The van der Waals surface area contributed by atoms with Crippen LogP contribution in [0.3, 0.4) is 0 Å². The SMILES string of the molecule is CC(C(=O)OC(C)(C)C)N(C)CCN1CCCC1. The summed E-state index contributed by atoms with van der Waals surface area (Å²) in [7, 11) is 1.99. The van der Waals surface area contributed by atoms with Gasteiger partial charge in [0.05, 0.1) is 0 Å². The van der Waals surface area contributed by atoms with Gasteiger partial charge >= 0.3 is 5.97 Å². The van der Waals surface area contributed by atoms with Crippen LogP contribution in [0.25, 0.3) is 0 Å². The first-order chi connectivity index (χ1) is 8.29. The Labute approximate surface area is 111 Å². The Kier molecular flexibility index (Phi) is 5.60. The molecular formula is C14H28N2O2. The van der Waals surface area contributed by atoms with Crippen molar-refractivity contribution >= 4 is 5.97 Å². The minimum Gasteiger partial charge on any atom is -0.459 e. The van der Waals surface area contributed by atoms with E-state index < -0.39 is 5.60 Å². The Morgan fingerprint density at radius 1 is 1.33 bits per heavy atom. The molecule has 0 aromatic rings. The van der Waals surface area contributed by atoms with Crippen molar-refractivity contribution in [3.05, 3.63) is 0 Å². The summed E-state index contributed by atoms with van der Waals surface area (Å²) in [5, 5.41) is 0. The highest BCUT2D eigenvalue weighted by Crippen LogP contribution is 2.11. The largest absolute Gasteiger partial charge is 0.459 e. The second-order valence-electron chi connectivity index (χ2n) is 6.24. The van der Waals surface area contributed by atoms with Crippen LogP contribution in [-0.2, 0) is 9.53 Å². The van der Waals surface area contributed by atoms with Crippen LogP contribution in [0.5, 0.6) is 0 Å². The zero-order chi connectivity index (χ0) is 13.8. The molecule has 0 N–H and O–H groups in total. The number of rotatable bonds is 5. The van der Waals surface area contributed by atoms with E-state index in [1.165, 1.54) is 25.9 Å². The summed E-state index contributed by atoms with van der Waals surface area (Å²) in [4.78, 5) is 16.5. The van der Waals surface area contributed by atoms with Crippen molar-refractivity contribution in [3.63, 3.8) is 0 Å². The van der Waals surface area contributed by atoms with Crippen molar-refractivity contribution in [1.82, 2.24) is 9.80 Å². The highest BCUT2D eigenvalue weighted by Gasteiger charge is 2.25. The van der Waals surface area contributed by atoms with E-state index in [0.29, 0.717) is 0 Å². The van der Waals surface area contributed by atoms with E-state index in [9.17, 15) is 4.79 Å². The lowest BCUT2D eigenvalue weighted by molar-refractivity contribution is -0.160. The summed E-state index contributed by atoms with van der Waals surface area (Å²) >= 11 is 0. The molecule has 0 bridgehead atoms. The third-order valence-corrected chi connectivity index (χ3v) is 3.38. The number of nitrogens with zero attached hydrogens (tertiary/aromatic N) is 2. The van der Waals surface area contributed by atoms with E-state index in [2.05, 4.69) is 9.80 Å². The van der Waals surface area contributed by atoms with Gasteiger partial charge in [0.15, 0.2) is 0 Å². The van der Waals surface area contributed by atoms with E-state index in [1.54, 1.807) is 0 Å². The Bertz CT molecular complexity index is 267. The summed E-state index contributed by atoms with van der Waals surface area (Å²) in [6, 6.07) is -0.174. The molecule has 106 valence electrons. The lowest BCUT2D eigenvalue weighted by Gasteiger charge is -2.28. The molecule has 4 nitrogen and oxygen atoms in total. The molecule has 0 spiro atoms. The molecule has 1 rings (SSSR count). The second kappa shape index (κ2) is 6.53. The topological polar surface area (TPSA) is 32.8 Å². The number of hydrogen-bond acceptors (Lipinski definition) is 4. The van der Waals surface area contributed by atoms with Gasteiger partial charge in [-0.15, -0.1) is 0 Å². The summed E-state index contributed by atoms with van der Waals surface area (Å²) in [5.74, 6) is -0.133. The van der Waals surface area contributed by atoms with Gasteiger partial charge in [0.25, 0.3) is 0 Å². The molecule has 1 heterocycles. The first kappa shape index (κ1) is 15.4. The highest BCUT2D eigenvalue weighted by molar-refractivity contribution is 5.75. The summed E-state index contributed by atoms with van der Waals surface area (Å²) in [6.07, 6.45) is 2.62. The molecule has 1 saturated heterocycles. The Morgan fingerprint density at radius 3 is 2.39 bits per heavy atom. The second-order valence-corrected chi connectivity index (χ2v) is 6.24. The van der Waals surface area contributed by atoms with Crippen molar-refractivity contribution in [1.29, 1.82) is 0 Å². The number of carbonyl (C=O) groups is 1. The number of carbonyl (C=O) groups excluding carboxylic acids is 1. The monoisotopic (exact) mass is 256 g/mol. The maximum Gasteiger partial charge on any atom is 0.323 e. The van der Waals surface area contributed by atoms with Crippen LogP contribution >= 0.6 is 0 Å². The van der Waals surface area contributed by atoms with Crippen LogP contribution in [0.4, 0.5) is 0 Å². The average Bonchev–Trinajstić information content (AvgIpc) is 2.75. The molecule has 0 amide bonds. The maximum atomic E-state index is 11.9.